The second kappa shape index (κ2) is 10.2. The lowest BCUT2D eigenvalue weighted by atomic mass is 9.99. The Kier molecular flexibility index (Phi) is 6.94. The molecule has 0 amide bonds. The van der Waals surface area contributed by atoms with Crippen LogP contribution in [0.25, 0.3) is 10.9 Å². The lowest BCUT2D eigenvalue weighted by Gasteiger charge is -2.32. The number of halogens is 1. The first kappa shape index (κ1) is 25.9. The summed E-state index contributed by atoms with van der Waals surface area (Å²) in [5, 5.41) is 14.4. The zero-order chi connectivity index (χ0) is 27.0. The number of H-pyrrole nitrogens is 1. The van der Waals surface area contributed by atoms with E-state index in [1.165, 1.54) is 0 Å². The van der Waals surface area contributed by atoms with Crippen molar-refractivity contribution in [1.82, 2.24) is 30.1 Å². The molecule has 9 heteroatoms. The number of fused-ring (bicyclic) bond motifs is 1. The lowest BCUT2D eigenvalue weighted by molar-refractivity contribution is 0.171. The summed E-state index contributed by atoms with van der Waals surface area (Å²) in [6.45, 7) is 11.0. The second-order valence-corrected chi connectivity index (χ2v) is 11.1. The fourth-order valence-electron chi connectivity index (χ4n) is 4.93. The Morgan fingerprint density at radius 3 is 2.58 bits per heavy atom. The molecule has 0 fully saturated rings. The van der Waals surface area contributed by atoms with E-state index < -0.39 is 11.6 Å². The minimum atomic E-state index is -0.598. The maximum Gasteiger partial charge on any atom is 0.253 e. The van der Waals surface area contributed by atoms with Gasteiger partial charge >= 0.3 is 0 Å². The number of aryl methyl sites for hydroxylation is 2. The van der Waals surface area contributed by atoms with Gasteiger partial charge in [-0.05, 0) is 91.9 Å². The van der Waals surface area contributed by atoms with E-state index in [1.807, 2.05) is 70.2 Å². The van der Waals surface area contributed by atoms with Gasteiger partial charge in [-0.15, -0.1) is 5.10 Å². The Bertz CT molecular complexity index is 1630. The standard InChI is InChI=1S/C29H31ClN6O2/c1-18-13-19(2)25-21(14-18)15-23(28(37)31-25)26(27-32-33-34-36(27)29(3,4)5)35(17-22-10-8-12-38-22)16-20-9-6-7-11-24(20)30/h6-15,26H,16-17H2,1-5H3,(H,31,37)/t26-/m1/s1. The normalized spacial score (nSPS) is 12.9. The highest BCUT2D eigenvalue weighted by atomic mass is 35.5. The molecule has 0 radical (unpaired) electrons. The van der Waals surface area contributed by atoms with E-state index >= 15 is 0 Å². The zero-order valence-electron chi connectivity index (χ0n) is 22.2. The van der Waals surface area contributed by atoms with Crippen LogP contribution in [0.1, 0.15) is 60.7 Å². The molecule has 0 spiro atoms. The summed E-state index contributed by atoms with van der Waals surface area (Å²) < 4.78 is 7.53. The van der Waals surface area contributed by atoms with Gasteiger partial charge in [0.05, 0.1) is 23.9 Å². The number of nitrogens with zero attached hydrogens (tertiary/aromatic N) is 5. The van der Waals surface area contributed by atoms with Crippen LogP contribution in [0.5, 0.6) is 0 Å². The molecule has 5 rings (SSSR count). The molecule has 196 valence electrons. The first-order chi connectivity index (χ1) is 18.1. The van der Waals surface area contributed by atoms with Gasteiger partial charge in [0.25, 0.3) is 5.56 Å². The summed E-state index contributed by atoms with van der Waals surface area (Å²) in [6.07, 6.45) is 1.64. The molecule has 0 aliphatic heterocycles. The highest BCUT2D eigenvalue weighted by molar-refractivity contribution is 6.31. The van der Waals surface area contributed by atoms with Crippen molar-refractivity contribution >= 4 is 22.5 Å². The molecule has 3 heterocycles. The molecule has 0 saturated heterocycles. The molecule has 0 bridgehead atoms. The number of hydrogen-bond acceptors (Lipinski definition) is 6. The van der Waals surface area contributed by atoms with Gasteiger partial charge in [0.15, 0.2) is 5.82 Å². The number of pyridine rings is 1. The molecule has 38 heavy (non-hydrogen) atoms. The number of aromatic nitrogens is 5. The van der Waals surface area contributed by atoms with Crippen LogP contribution in [0.3, 0.4) is 0 Å². The number of hydrogen-bond donors (Lipinski definition) is 1. The van der Waals surface area contributed by atoms with Gasteiger partial charge in [-0.3, -0.25) is 9.69 Å². The van der Waals surface area contributed by atoms with Crippen LogP contribution in [0.15, 0.2) is 70.1 Å². The van der Waals surface area contributed by atoms with Crippen LogP contribution in [-0.4, -0.2) is 30.1 Å². The molecule has 8 nitrogen and oxygen atoms in total. The first-order valence-electron chi connectivity index (χ1n) is 12.5. The van der Waals surface area contributed by atoms with Crippen molar-refractivity contribution in [2.24, 2.45) is 0 Å². The third kappa shape index (κ3) is 5.14. The summed E-state index contributed by atoms with van der Waals surface area (Å²) >= 11 is 6.61. The summed E-state index contributed by atoms with van der Waals surface area (Å²) in [4.78, 5) is 19.1. The summed E-state index contributed by atoms with van der Waals surface area (Å²) in [5.41, 5.74) is 3.81. The summed E-state index contributed by atoms with van der Waals surface area (Å²) in [5.74, 6) is 1.31. The van der Waals surface area contributed by atoms with Crippen molar-refractivity contribution in [3.8, 4) is 0 Å². The second-order valence-electron chi connectivity index (χ2n) is 10.7. The van der Waals surface area contributed by atoms with Gasteiger partial charge in [0, 0.05) is 17.1 Å². The molecule has 0 aliphatic rings. The monoisotopic (exact) mass is 530 g/mol. The van der Waals surface area contributed by atoms with Crippen LogP contribution in [0, 0.1) is 13.8 Å². The van der Waals surface area contributed by atoms with E-state index in [1.54, 1.807) is 10.9 Å². The quantitative estimate of drug-likeness (QED) is 0.280. The summed E-state index contributed by atoms with van der Waals surface area (Å²) in [6, 6.07) is 17.0. The third-order valence-corrected chi connectivity index (χ3v) is 6.99. The highest BCUT2D eigenvalue weighted by Crippen LogP contribution is 2.33. The van der Waals surface area contributed by atoms with Gasteiger partial charge in [-0.25, -0.2) is 4.68 Å². The predicted octanol–water partition coefficient (Wildman–Crippen LogP) is 5.92. The molecule has 0 aliphatic carbocycles. The largest absolute Gasteiger partial charge is 0.468 e. The molecule has 0 saturated carbocycles. The molecule has 3 aromatic heterocycles. The SMILES string of the molecule is Cc1cc(C)c2[nH]c(=O)c([C@H](c3nnnn3C(C)(C)C)N(Cc3ccco3)Cc3ccccc3Cl)cc2c1. The van der Waals surface area contributed by atoms with Gasteiger partial charge < -0.3 is 9.40 Å². The third-order valence-electron chi connectivity index (χ3n) is 6.63. The van der Waals surface area contributed by atoms with Gasteiger partial charge in [0.2, 0.25) is 0 Å². The number of nitrogens with one attached hydrogen (secondary N) is 1. The molecule has 1 N–H and O–H groups in total. The Labute approximate surface area is 226 Å². The van der Waals surface area contributed by atoms with E-state index in [4.69, 9.17) is 16.0 Å². The van der Waals surface area contributed by atoms with Crippen molar-refractivity contribution in [3.05, 3.63) is 110 Å². The lowest BCUT2D eigenvalue weighted by Crippen LogP contribution is -2.37. The minimum absolute atomic E-state index is 0.193. The maximum atomic E-state index is 13.8. The van der Waals surface area contributed by atoms with Crippen molar-refractivity contribution in [3.63, 3.8) is 0 Å². The zero-order valence-corrected chi connectivity index (χ0v) is 23.0. The number of tetrazole rings is 1. The summed E-state index contributed by atoms with van der Waals surface area (Å²) in [7, 11) is 0. The van der Waals surface area contributed by atoms with Crippen molar-refractivity contribution in [1.29, 1.82) is 0 Å². The number of rotatable bonds is 7. The fourth-order valence-corrected chi connectivity index (χ4v) is 5.13. The molecule has 1 atom stereocenters. The van der Waals surface area contributed by atoms with Crippen molar-refractivity contribution in [2.75, 3.05) is 0 Å². The molecule has 0 unspecified atom stereocenters. The topological polar surface area (TPSA) is 92.8 Å². The van der Waals surface area contributed by atoms with Crippen LogP contribution in [0.4, 0.5) is 0 Å². The number of furan rings is 1. The molecule has 5 aromatic rings. The smallest absolute Gasteiger partial charge is 0.253 e. The average molecular weight is 531 g/mol. The Hall–Kier alpha value is -3.75. The van der Waals surface area contributed by atoms with Crippen LogP contribution >= 0.6 is 11.6 Å². The van der Waals surface area contributed by atoms with E-state index in [2.05, 4.69) is 44.5 Å². The van der Waals surface area contributed by atoms with E-state index in [-0.39, 0.29) is 5.56 Å². The minimum Gasteiger partial charge on any atom is -0.468 e. The number of aromatic amines is 1. The fraction of sp³-hybridized carbons (Fsp3) is 0.310. The van der Waals surface area contributed by atoms with Gasteiger partial charge in [0.1, 0.15) is 11.8 Å². The van der Waals surface area contributed by atoms with Gasteiger partial charge in [-0.1, -0.05) is 41.4 Å². The van der Waals surface area contributed by atoms with Crippen LogP contribution in [-0.2, 0) is 18.6 Å². The molecular formula is C29H31ClN6O2. The Morgan fingerprint density at radius 1 is 1.08 bits per heavy atom. The van der Waals surface area contributed by atoms with E-state index in [9.17, 15) is 4.79 Å². The molecule has 2 aromatic carbocycles. The van der Waals surface area contributed by atoms with Crippen LogP contribution in [0.2, 0.25) is 5.02 Å². The maximum absolute atomic E-state index is 13.8. The Balaban J connectivity index is 1.76. The number of benzene rings is 2. The van der Waals surface area contributed by atoms with Crippen molar-refractivity contribution in [2.45, 2.75) is 59.3 Å². The molecular weight excluding hydrogens is 500 g/mol. The van der Waals surface area contributed by atoms with Crippen molar-refractivity contribution < 1.29 is 4.42 Å². The Morgan fingerprint density at radius 2 is 1.87 bits per heavy atom. The average Bonchev–Trinajstić information content (AvgIpc) is 3.54. The highest BCUT2D eigenvalue weighted by Gasteiger charge is 2.34. The van der Waals surface area contributed by atoms with E-state index in [0.29, 0.717) is 29.5 Å². The van der Waals surface area contributed by atoms with E-state index in [0.717, 1.165) is 33.4 Å². The first-order valence-corrected chi connectivity index (χ1v) is 12.9. The van der Waals surface area contributed by atoms with Gasteiger partial charge in [-0.2, -0.15) is 0 Å². The van der Waals surface area contributed by atoms with Crippen LogP contribution < -0.4 is 5.56 Å². The predicted molar refractivity (Wildman–Crippen MR) is 148 cm³/mol.